The first-order chi connectivity index (χ1) is 12.4. The molecule has 0 N–H and O–H groups in total. The minimum atomic E-state index is -0.444. The molecule has 0 bridgehead atoms. The van der Waals surface area contributed by atoms with Crippen molar-refractivity contribution in [1.82, 2.24) is 4.57 Å². The zero-order valence-corrected chi connectivity index (χ0v) is 16.6. The van der Waals surface area contributed by atoms with Crippen molar-refractivity contribution in [3.8, 4) is 11.8 Å². The van der Waals surface area contributed by atoms with Crippen LogP contribution in [0.4, 0.5) is 4.39 Å². The second-order valence-corrected chi connectivity index (χ2v) is 7.26. The van der Waals surface area contributed by atoms with E-state index < -0.39 is 5.82 Å². The Morgan fingerprint density at radius 1 is 1.15 bits per heavy atom. The van der Waals surface area contributed by atoms with Crippen molar-refractivity contribution in [2.45, 2.75) is 13.8 Å². The van der Waals surface area contributed by atoms with Crippen molar-refractivity contribution < 1.29 is 4.39 Å². The lowest BCUT2D eigenvalue weighted by Gasteiger charge is -2.10. The molecule has 0 saturated carbocycles. The summed E-state index contributed by atoms with van der Waals surface area (Å²) in [6.07, 6.45) is 1.87. The lowest BCUT2D eigenvalue weighted by Crippen LogP contribution is -1.99. The van der Waals surface area contributed by atoms with Crippen LogP contribution in [0.1, 0.15) is 22.5 Å². The van der Waals surface area contributed by atoms with Crippen molar-refractivity contribution in [3.63, 3.8) is 0 Å². The van der Waals surface area contributed by atoms with Gasteiger partial charge in [0.05, 0.1) is 16.7 Å². The molecule has 2 nitrogen and oxygen atoms in total. The second kappa shape index (κ2) is 7.49. The Balaban J connectivity index is 2.08. The van der Waals surface area contributed by atoms with Gasteiger partial charge in [0.25, 0.3) is 0 Å². The topological polar surface area (TPSA) is 28.7 Å². The maximum absolute atomic E-state index is 13.5. The minimum absolute atomic E-state index is 0.0830. The SMILES string of the molecule is Cc1cc(/C=C(/C#N)c2ccc(Br)cc2)c(C)n1-c1ccc(F)c(Cl)c1. The number of hydrogen-bond donors (Lipinski definition) is 0. The van der Waals surface area contributed by atoms with Crippen molar-refractivity contribution in [2.75, 3.05) is 0 Å². The highest BCUT2D eigenvalue weighted by molar-refractivity contribution is 9.10. The third kappa shape index (κ3) is 3.60. The molecule has 5 heteroatoms. The Bertz CT molecular complexity index is 1040. The van der Waals surface area contributed by atoms with Crippen molar-refractivity contribution >= 4 is 39.2 Å². The van der Waals surface area contributed by atoms with Crippen molar-refractivity contribution in [1.29, 1.82) is 5.26 Å². The molecule has 26 heavy (non-hydrogen) atoms. The summed E-state index contributed by atoms with van der Waals surface area (Å²) in [5.74, 6) is -0.444. The Morgan fingerprint density at radius 2 is 1.85 bits per heavy atom. The molecule has 0 aliphatic rings. The smallest absolute Gasteiger partial charge is 0.141 e. The number of nitriles is 1. The molecule has 0 amide bonds. The Hall–Kier alpha value is -2.35. The molecule has 0 unspecified atom stereocenters. The van der Waals surface area contributed by atoms with Crippen LogP contribution in [-0.4, -0.2) is 4.57 Å². The molecule has 1 aromatic heterocycles. The van der Waals surface area contributed by atoms with Gasteiger partial charge in [-0.1, -0.05) is 39.7 Å². The van der Waals surface area contributed by atoms with E-state index in [4.69, 9.17) is 11.6 Å². The van der Waals surface area contributed by atoms with Crippen LogP contribution in [0, 0.1) is 31.0 Å². The third-order valence-electron chi connectivity index (χ3n) is 4.21. The van der Waals surface area contributed by atoms with Crippen molar-refractivity contribution in [3.05, 3.63) is 86.4 Å². The number of hydrogen-bond acceptors (Lipinski definition) is 1. The zero-order chi connectivity index (χ0) is 18.8. The van der Waals surface area contributed by atoms with Crippen LogP contribution in [-0.2, 0) is 0 Å². The predicted octanol–water partition coefficient (Wildman–Crippen LogP) is 6.71. The molecule has 2 aromatic carbocycles. The van der Waals surface area contributed by atoms with E-state index >= 15 is 0 Å². The molecular formula is C21H15BrClFN2. The molecule has 0 saturated heterocycles. The summed E-state index contributed by atoms with van der Waals surface area (Å²) in [5.41, 5.74) is 5.08. The molecule has 0 radical (unpaired) electrons. The van der Waals surface area contributed by atoms with Gasteiger partial charge in [-0.2, -0.15) is 5.26 Å². The maximum Gasteiger partial charge on any atom is 0.141 e. The minimum Gasteiger partial charge on any atom is -0.318 e. The first-order valence-electron chi connectivity index (χ1n) is 7.93. The monoisotopic (exact) mass is 428 g/mol. The summed E-state index contributed by atoms with van der Waals surface area (Å²) in [6.45, 7) is 3.93. The molecular weight excluding hydrogens is 415 g/mol. The van der Waals surface area contributed by atoms with E-state index in [0.29, 0.717) is 5.57 Å². The molecule has 130 valence electrons. The number of allylic oxidation sites excluding steroid dienone is 1. The van der Waals surface area contributed by atoms with Crippen LogP contribution >= 0.6 is 27.5 Å². The van der Waals surface area contributed by atoms with E-state index in [2.05, 4.69) is 22.0 Å². The average molecular weight is 430 g/mol. The number of benzene rings is 2. The van der Waals surface area contributed by atoms with Crippen LogP contribution < -0.4 is 0 Å². The zero-order valence-electron chi connectivity index (χ0n) is 14.2. The highest BCUT2D eigenvalue weighted by atomic mass is 79.9. The molecule has 0 fully saturated rings. The number of aromatic nitrogens is 1. The standard InChI is InChI=1S/C21H15BrClFN2/c1-13-9-16(10-17(12-25)15-3-5-18(22)6-4-15)14(2)26(13)19-7-8-21(24)20(23)11-19/h3-11H,1-2H3/b17-10-. The van der Waals surface area contributed by atoms with E-state index in [1.807, 2.05) is 54.8 Å². The Morgan fingerprint density at radius 3 is 2.46 bits per heavy atom. The van der Waals surface area contributed by atoms with Crippen LogP contribution in [0.2, 0.25) is 5.02 Å². The maximum atomic E-state index is 13.5. The summed E-state index contributed by atoms with van der Waals surface area (Å²) in [4.78, 5) is 0. The first-order valence-corrected chi connectivity index (χ1v) is 9.10. The van der Waals surface area contributed by atoms with Crippen LogP contribution in [0.25, 0.3) is 17.3 Å². The lowest BCUT2D eigenvalue weighted by molar-refractivity contribution is 0.627. The van der Waals surface area contributed by atoms with E-state index in [-0.39, 0.29) is 5.02 Å². The first kappa shape index (κ1) is 18.4. The largest absolute Gasteiger partial charge is 0.318 e. The van der Waals surface area contributed by atoms with Gasteiger partial charge in [-0.15, -0.1) is 0 Å². The van der Waals surface area contributed by atoms with E-state index in [0.717, 1.165) is 32.7 Å². The van der Waals surface area contributed by atoms with Crippen LogP contribution in [0.5, 0.6) is 0 Å². The normalized spacial score (nSPS) is 11.5. The molecule has 3 aromatic rings. The fourth-order valence-electron chi connectivity index (χ4n) is 2.92. The summed E-state index contributed by atoms with van der Waals surface area (Å²) in [5, 5.41) is 9.65. The molecule has 0 spiro atoms. The van der Waals surface area contributed by atoms with Crippen LogP contribution in [0.3, 0.4) is 0 Å². The second-order valence-electron chi connectivity index (χ2n) is 5.94. The van der Waals surface area contributed by atoms with Gasteiger partial charge in [0, 0.05) is 21.5 Å². The van der Waals surface area contributed by atoms with Gasteiger partial charge in [0.1, 0.15) is 5.82 Å². The quantitative estimate of drug-likeness (QED) is 0.425. The number of rotatable bonds is 3. The molecule has 0 aliphatic carbocycles. The van der Waals surface area contributed by atoms with E-state index in [1.165, 1.54) is 6.07 Å². The Labute approximate surface area is 165 Å². The number of halogens is 3. The molecule has 0 atom stereocenters. The number of nitrogens with zero attached hydrogens (tertiary/aromatic N) is 2. The van der Waals surface area contributed by atoms with Gasteiger partial charge >= 0.3 is 0 Å². The fraction of sp³-hybridized carbons (Fsp3) is 0.0952. The van der Waals surface area contributed by atoms with E-state index in [1.54, 1.807) is 12.1 Å². The fourth-order valence-corrected chi connectivity index (χ4v) is 3.36. The van der Waals surface area contributed by atoms with Crippen LogP contribution in [0.15, 0.2) is 53.0 Å². The predicted molar refractivity (Wildman–Crippen MR) is 108 cm³/mol. The summed E-state index contributed by atoms with van der Waals surface area (Å²) >= 11 is 9.33. The lowest BCUT2D eigenvalue weighted by atomic mass is 10.0. The van der Waals surface area contributed by atoms with Gasteiger partial charge in [-0.05, 0) is 67.4 Å². The van der Waals surface area contributed by atoms with E-state index in [9.17, 15) is 9.65 Å². The Kier molecular flexibility index (Phi) is 5.31. The molecule has 3 rings (SSSR count). The molecule has 1 heterocycles. The van der Waals surface area contributed by atoms with Gasteiger partial charge in [-0.3, -0.25) is 0 Å². The van der Waals surface area contributed by atoms with Gasteiger partial charge in [0.2, 0.25) is 0 Å². The van der Waals surface area contributed by atoms with Crippen molar-refractivity contribution in [2.24, 2.45) is 0 Å². The van der Waals surface area contributed by atoms with Gasteiger partial charge in [0.15, 0.2) is 0 Å². The summed E-state index contributed by atoms with van der Waals surface area (Å²) in [6, 6.07) is 16.5. The number of aryl methyl sites for hydroxylation is 1. The van der Waals surface area contributed by atoms with Gasteiger partial charge in [-0.25, -0.2) is 4.39 Å². The van der Waals surface area contributed by atoms with Gasteiger partial charge < -0.3 is 4.57 Å². The highest BCUT2D eigenvalue weighted by Gasteiger charge is 2.12. The third-order valence-corrected chi connectivity index (χ3v) is 5.03. The summed E-state index contributed by atoms with van der Waals surface area (Å²) < 4.78 is 16.4. The highest BCUT2D eigenvalue weighted by Crippen LogP contribution is 2.27. The summed E-state index contributed by atoms with van der Waals surface area (Å²) in [7, 11) is 0. The molecule has 0 aliphatic heterocycles. The average Bonchev–Trinajstić information content (AvgIpc) is 2.90.